The van der Waals surface area contributed by atoms with E-state index in [1.807, 2.05) is 0 Å². The van der Waals surface area contributed by atoms with Crippen LogP contribution in [-0.2, 0) is 6.42 Å². The van der Waals surface area contributed by atoms with Gasteiger partial charge in [-0.05, 0) is 117 Å². The first-order valence-corrected chi connectivity index (χ1v) is 15.2. The first-order valence-electron chi connectivity index (χ1n) is 15.2. The van der Waals surface area contributed by atoms with E-state index < -0.39 is 0 Å². The van der Waals surface area contributed by atoms with E-state index in [0.717, 1.165) is 6.42 Å². The quantitative estimate of drug-likeness (QED) is 0.191. The average molecular weight is 543 g/mol. The normalized spacial score (nSPS) is 12.6. The first-order chi connectivity index (χ1) is 21.3. The molecular formula is C43H26. The zero-order valence-corrected chi connectivity index (χ0v) is 23.6. The monoisotopic (exact) mass is 542 g/mol. The van der Waals surface area contributed by atoms with E-state index in [4.69, 9.17) is 0 Å². The van der Waals surface area contributed by atoms with Crippen LogP contribution < -0.4 is 0 Å². The molecule has 0 saturated heterocycles. The Hall–Kier alpha value is -5.46. The third kappa shape index (κ3) is 3.16. The predicted octanol–water partition coefficient (Wildman–Crippen LogP) is 11.8. The van der Waals surface area contributed by atoms with Crippen LogP contribution in [0.4, 0.5) is 0 Å². The number of fused-ring (bicyclic) bond motifs is 9. The summed E-state index contributed by atoms with van der Waals surface area (Å²) >= 11 is 0. The third-order valence-corrected chi connectivity index (χ3v) is 9.81. The summed E-state index contributed by atoms with van der Waals surface area (Å²) in [7, 11) is 0. The fourth-order valence-corrected chi connectivity index (χ4v) is 7.96. The number of benzene rings is 9. The van der Waals surface area contributed by atoms with Gasteiger partial charge in [0, 0.05) is 0 Å². The van der Waals surface area contributed by atoms with Crippen LogP contribution in [0.5, 0.6) is 0 Å². The highest BCUT2D eigenvalue weighted by Crippen LogP contribution is 2.47. The Labute approximate surface area is 249 Å². The lowest BCUT2D eigenvalue weighted by Crippen LogP contribution is -1.89. The highest BCUT2D eigenvalue weighted by atomic mass is 14.3. The molecule has 0 fully saturated rings. The molecule has 0 saturated carbocycles. The fraction of sp³-hybridized carbons (Fsp3) is 0.0233. The van der Waals surface area contributed by atoms with Crippen LogP contribution in [0.3, 0.4) is 0 Å². The van der Waals surface area contributed by atoms with Crippen molar-refractivity contribution >= 4 is 64.6 Å². The largest absolute Gasteiger partial charge is 0.0616 e. The van der Waals surface area contributed by atoms with Crippen LogP contribution in [0, 0.1) is 0 Å². The molecule has 0 N–H and O–H groups in total. The van der Waals surface area contributed by atoms with Crippen molar-refractivity contribution in [2.45, 2.75) is 6.42 Å². The molecule has 198 valence electrons. The van der Waals surface area contributed by atoms with Crippen LogP contribution in [0.2, 0.25) is 0 Å². The van der Waals surface area contributed by atoms with E-state index in [-0.39, 0.29) is 0 Å². The molecule has 0 spiro atoms. The second kappa shape index (κ2) is 8.53. The second-order valence-corrected chi connectivity index (χ2v) is 12.0. The molecule has 0 heterocycles. The van der Waals surface area contributed by atoms with Gasteiger partial charge in [0.1, 0.15) is 0 Å². The minimum atomic E-state index is 1.01. The Balaban J connectivity index is 1.23. The number of hydrogen-bond donors (Lipinski definition) is 0. The van der Waals surface area contributed by atoms with Crippen molar-refractivity contribution in [3.63, 3.8) is 0 Å². The van der Waals surface area contributed by atoms with Gasteiger partial charge in [0.15, 0.2) is 0 Å². The van der Waals surface area contributed by atoms with Gasteiger partial charge in [-0.15, -0.1) is 0 Å². The van der Waals surface area contributed by atoms with Gasteiger partial charge in [0.2, 0.25) is 0 Å². The molecule has 0 aliphatic heterocycles. The van der Waals surface area contributed by atoms with Gasteiger partial charge in [-0.1, -0.05) is 133 Å². The summed E-state index contributed by atoms with van der Waals surface area (Å²) in [5.41, 5.74) is 7.96. The third-order valence-electron chi connectivity index (χ3n) is 9.81. The van der Waals surface area contributed by atoms with Crippen molar-refractivity contribution in [2.75, 3.05) is 0 Å². The van der Waals surface area contributed by atoms with Gasteiger partial charge < -0.3 is 0 Å². The van der Waals surface area contributed by atoms with Gasteiger partial charge in [-0.2, -0.15) is 0 Å². The Morgan fingerprint density at radius 3 is 1.53 bits per heavy atom. The van der Waals surface area contributed by atoms with Crippen LogP contribution in [0.1, 0.15) is 11.1 Å². The van der Waals surface area contributed by atoms with Gasteiger partial charge in [0.05, 0.1) is 0 Å². The molecule has 43 heavy (non-hydrogen) atoms. The summed E-state index contributed by atoms with van der Waals surface area (Å²) in [6, 6.07) is 54.3. The number of rotatable bonds is 2. The molecule has 1 aliphatic carbocycles. The molecule has 0 amide bonds. The standard InChI is InChI=1S/C43H26/c1-2-14-34-32(12-1)33-13-3-4-15-35(33)40-25-27(19-22-37(34)40)26-9-7-10-28(23-26)31-21-20-30-24-29-11-8-18-38-36-16-5-6-17-39(36)43(31)42(30)41(29)38/h1-23,25H,24H2. The summed E-state index contributed by atoms with van der Waals surface area (Å²) in [6.45, 7) is 0. The topological polar surface area (TPSA) is 0 Å². The molecule has 0 radical (unpaired) electrons. The minimum Gasteiger partial charge on any atom is -0.0616 e. The van der Waals surface area contributed by atoms with E-state index in [2.05, 4.69) is 146 Å². The highest BCUT2D eigenvalue weighted by Gasteiger charge is 2.22. The summed E-state index contributed by atoms with van der Waals surface area (Å²) < 4.78 is 0. The van der Waals surface area contributed by atoms with Crippen molar-refractivity contribution in [1.82, 2.24) is 0 Å². The lowest BCUT2D eigenvalue weighted by Gasteiger charge is -2.15. The molecule has 0 nitrogen and oxygen atoms in total. The molecule has 0 bridgehead atoms. The molecule has 9 aromatic rings. The Morgan fingerprint density at radius 2 is 0.791 bits per heavy atom. The Kier molecular flexibility index (Phi) is 4.59. The van der Waals surface area contributed by atoms with Gasteiger partial charge in [-0.25, -0.2) is 0 Å². The SMILES string of the molecule is c1cc(-c2ccc3c4ccccc4c4ccccc4c3c2)cc(-c2ccc3c4c5c(cccc5c5ccccc5c24)C3)c1. The molecule has 0 aromatic heterocycles. The summed E-state index contributed by atoms with van der Waals surface area (Å²) in [4.78, 5) is 0. The van der Waals surface area contributed by atoms with E-state index in [0.29, 0.717) is 0 Å². The minimum absolute atomic E-state index is 1.01. The molecule has 0 atom stereocenters. The van der Waals surface area contributed by atoms with Crippen LogP contribution in [0.15, 0.2) is 146 Å². The predicted molar refractivity (Wildman–Crippen MR) is 185 cm³/mol. The number of hydrogen-bond acceptors (Lipinski definition) is 0. The maximum Gasteiger partial charge on any atom is -0.00130 e. The second-order valence-electron chi connectivity index (χ2n) is 12.0. The summed E-state index contributed by atoms with van der Waals surface area (Å²) in [6.07, 6.45) is 1.01. The van der Waals surface area contributed by atoms with E-state index in [1.54, 1.807) is 0 Å². The molecule has 10 rings (SSSR count). The molecule has 1 aliphatic rings. The summed E-state index contributed by atoms with van der Waals surface area (Å²) in [5, 5.41) is 16.2. The van der Waals surface area contributed by atoms with Crippen molar-refractivity contribution in [3.8, 4) is 22.3 Å². The van der Waals surface area contributed by atoms with Crippen molar-refractivity contribution in [2.24, 2.45) is 0 Å². The van der Waals surface area contributed by atoms with Crippen LogP contribution in [0.25, 0.3) is 86.9 Å². The van der Waals surface area contributed by atoms with Gasteiger partial charge in [0.25, 0.3) is 0 Å². The maximum atomic E-state index is 2.40. The molecular weight excluding hydrogens is 516 g/mol. The molecule has 0 unspecified atom stereocenters. The van der Waals surface area contributed by atoms with Crippen molar-refractivity contribution in [1.29, 1.82) is 0 Å². The molecule has 9 aromatic carbocycles. The van der Waals surface area contributed by atoms with Crippen molar-refractivity contribution in [3.05, 3.63) is 157 Å². The van der Waals surface area contributed by atoms with E-state index in [9.17, 15) is 0 Å². The Bertz CT molecular complexity index is 2600. The zero-order valence-electron chi connectivity index (χ0n) is 23.6. The smallest absolute Gasteiger partial charge is 0.00130 e. The maximum absolute atomic E-state index is 2.40. The summed E-state index contributed by atoms with van der Waals surface area (Å²) in [5.74, 6) is 0. The molecule has 0 heteroatoms. The first kappa shape index (κ1) is 23.1. The van der Waals surface area contributed by atoms with Crippen LogP contribution >= 0.6 is 0 Å². The van der Waals surface area contributed by atoms with Gasteiger partial charge in [-0.3, -0.25) is 0 Å². The van der Waals surface area contributed by atoms with Gasteiger partial charge >= 0.3 is 0 Å². The van der Waals surface area contributed by atoms with E-state index in [1.165, 1.54) is 98.0 Å². The fourth-order valence-electron chi connectivity index (χ4n) is 7.96. The lowest BCUT2D eigenvalue weighted by molar-refractivity contribution is 1.27. The highest BCUT2D eigenvalue weighted by molar-refractivity contribution is 6.31. The lowest BCUT2D eigenvalue weighted by atomic mass is 9.88. The van der Waals surface area contributed by atoms with E-state index >= 15 is 0 Å². The zero-order chi connectivity index (χ0) is 28.1. The van der Waals surface area contributed by atoms with Crippen LogP contribution in [-0.4, -0.2) is 0 Å². The van der Waals surface area contributed by atoms with Crippen molar-refractivity contribution < 1.29 is 0 Å². The average Bonchev–Trinajstić information content (AvgIpc) is 3.47. The Morgan fingerprint density at radius 1 is 0.279 bits per heavy atom.